The monoisotopic (exact) mass is 284 g/mol. The zero-order valence-corrected chi connectivity index (χ0v) is 12.8. The van der Waals surface area contributed by atoms with Crippen LogP contribution < -0.4 is 5.73 Å². The lowest BCUT2D eigenvalue weighted by Gasteiger charge is -2.32. The molecule has 5 heteroatoms. The van der Waals surface area contributed by atoms with Gasteiger partial charge < -0.3 is 5.73 Å². The van der Waals surface area contributed by atoms with Gasteiger partial charge in [0.25, 0.3) is 0 Å². The van der Waals surface area contributed by atoms with Gasteiger partial charge in [-0.15, -0.1) is 0 Å². The lowest BCUT2D eigenvalue weighted by molar-refractivity contribution is 0.163. The number of hydrogen-bond donors (Lipinski definition) is 1. The molecule has 1 unspecified atom stereocenters. The average molecular weight is 285 g/mol. The second kappa shape index (κ2) is 6.73. The summed E-state index contributed by atoms with van der Waals surface area (Å²) in [5, 5.41) is 5.28. The van der Waals surface area contributed by atoms with Gasteiger partial charge in [0.05, 0.1) is 5.69 Å². The molecule has 0 amide bonds. The standard InChI is InChI=1S/C14H25ClN4/c1-3-13-12(14(15)18(2)17-13)10-19-8-4-5-11(9-19)6-7-16/h11H,3-10,16H2,1-2H3. The Hall–Kier alpha value is -0.580. The molecule has 4 nitrogen and oxygen atoms in total. The molecular weight excluding hydrogens is 260 g/mol. The first kappa shape index (κ1) is 14.8. The Kier molecular flexibility index (Phi) is 5.25. The van der Waals surface area contributed by atoms with E-state index in [9.17, 15) is 0 Å². The fourth-order valence-electron chi connectivity index (χ4n) is 3.03. The lowest BCUT2D eigenvalue weighted by Crippen LogP contribution is -2.35. The minimum atomic E-state index is 0.749. The van der Waals surface area contributed by atoms with Gasteiger partial charge in [0, 0.05) is 25.7 Å². The van der Waals surface area contributed by atoms with Crippen LogP contribution in [0.4, 0.5) is 0 Å². The van der Waals surface area contributed by atoms with Crippen LogP contribution in [0.15, 0.2) is 0 Å². The van der Waals surface area contributed by atoms with Crippen molar-refractivity contribution in [3.8, 4) is 0 Å². The number of nitrogens with two attached hydrogens (primary N) is 1. The van der Waals surface area contributed by atoms with Crippen LogP contribution in [0.25, 0.3) is 0 Å². The van der Waals surface area contributed by atoms with Crippen LogP contribution in [0.1, 0.15) is 37.4 Å². The van der Waals surface area contributed by atoms with Gasteiger partial charge in [0.15, 0.2) is 0 Å². The molecule has 1 aliphatic rings. The van der Waals surface area contributed by atoms with Crippen molar-refractivity contribution in [1.82, 2.24) is 14.7 Å². The zero-order valence-electron chi connectivity index (χ0n) is 12.0. The number of rotatable bonds is 5. The predicted molar refractivity (Wildman–Crippen MR) is 79.3 cm³/mol. The first-order valence-electron chi connectivity index (χ1n) is 7.28. The smallest absolute Gasteiger partial charge is 0.131 e. The van der Waals surface area contributed by atoms with E-state index in [0.717, 1.165) is 55.8 Å². The Balaban J connectivity index is 2.04. The largest absolute Gasteiger partial charge is 0.330 e. The fraction of sp³-hybridized carbons (Fsp3) is 0.786. The predicted octanol–water partition coefficient (Wildman–Crippen LogP) is 2.20. The molecule has 0 aromatic carbocycles. The average Bonchev–Trinajstić information content (AvgIpc) is 2.67. The number of aromatic nitrogens is 2. The van der Waals surface area contributed by atoms with E-state index in [4.69, 9.17) is 17.3 Å². The first-order valence-corrected chi connectivity index (χ1v) is 7.66. The lowest BCUT2D eigenvalue weighted by atomic mass is 9.94. The van der Waals surface area contributed by atoms with E-state index in [0.29, 0.717) is 0 Å². The summed E-state index contributed by atoms with van der Waals surface area (Å²) in [4.78, 5) is 2.51. The maximum atomic E-state index is 6.36. The maximum Gasteiger partial charge on any atom is 0.131 e. The molecule has 1 atom stereocenters. The number of likely N-dealkylation sites (tertiary alicyclic amines) is 1. The Morgan fingerprint density at radius 2 is 2.26 bits per heavy atom. The van der Waals surface area contributed by atoms with Crippen LogP contribution in [0.3, 0.4) is 0 Å². The molecule has 1 aromatic heterocycles. The van der Waals surface area contributed by atoms with E-state index < -0.39 is 0 Å². The van der Waals surface area contributed by atoms with Crippen LogP contribution in [0.2, 0.25) is 5.15 Å². The summed E-state index contributed by atoms with van der Waals surface area (Å²) in [6.45, 7) is 6.17. The Labute approximate surface area is 120 Å². The van der Waals surface area contributed by atoms with Crippen LogP contribution >= 0.6 is 11.6 Å². The molecule has 1 aromatic rings. The number of halogens is 1. The molecular formula is C14H25ClN4. The molecule has 19 heavy (non-hydrogen) atoms. The minimum Gasteiger partial charge on any atom is -0.330 e. The summed E-state index contributed by atoms with van der Waals surface area (Å²) in [7, 11) is 1.92. The van der Waals surface area contributed by atoms with E-state index in [1.807, 2.05) is 7.05 Å². The van der Waals surface area contributed by atoms with Gasteiger partial charge in [0.1, 0.15) is 5.15 Å². The third-order valence-electron chi connectivity index (χ3n) is 4.05. The van der Waals surface area contributed by atoms with E-state index >= 15 is 0 Å². The van der Waals surface area contributed by atoms with Crippen molar-refractivity contribution in [2.45, 2.75) is 39.2 Å². The first-order chi connectivity index (χ1) is 9.15. The van der Waals surface area contributed by atoms with Gasteiger partial charge in [-0.2, -0.15) is 5.10 Å². The second-order valence-electron chi connectivity index (χ2n) is 5.51. The topological polar surface area (TPSA) is 47.1 Å². The summed E-state index contributed by atoms with van der Waals surface area (Å²) in [6.07, 6.45) is 4.66. The molecule has 0 aliphatic carbocycles. The van der Waals surface area contributed by atoms with Crippen LogP contribution in [-0.4, -0.2) is 34.3 Å². The summed E-state index contributed by atoms with van der Waals surface area (Å²) < 4.78 is 1.79. The highest BCUT2D eigenvalue weighted by Gasteiger charge is 2.22. The highest BCUT2D eigenvalue weighted by atomic mass is 35.5. The third-order valence-corrected chi connectivity index (χ3v) is 4.52. The fourth-order valence-corrected chi connectivity index (χ4v) is 3.24. The Bertz CT molecular complexity index is 414. The van der Waals surface area contributed by atoms with Gasteiger partial charge in [-0.1, -0.05) is 18.5 Å². The molecule has 0 spiro atoms. The van der Waals surface area contributed by atoms with Crippen molar-refractivity contribution in [3.63, 3.8) is 0 Å². The minimum absolute atomic E-state index is 0.749. The van der Waals surface area contributed by atoms with Crippen molar-refractivity contribution in [2.75, 3.05) is 19.6 Å². The summed E-state index contributed by atoms with van der Waals surface area (Å²) in [5.41, 5.74) is 8.02. The van der Waals surface area contributed by atoms with E-state index in [2.05, 4.69) is 16.9 Å². The van der Waals surface area contributed by atoms with Crippen molar-refractivity contribution in [1.29, 1.82) is 0 Å². The molecule has 2 N–H and O–H groups in total. The van der Waals surface area contributed by atoms with Gasteiger partial charge in [-0.3, -0.25) is 9.58 Å². The SMILES string of the molecule is CCc1nn(C)c(Cl)c1CN1CCCC(CCN)C1. The molecule has 0 saturated carbocycles. The summed E-state index contributed by atoms with van der Waals surface area (Å²) in [6, 6.07) is 0. The molecule has 2 rings (SSSR count). The van der Waals surface area contributed by atoms with Crippen molar-refractivity contribution in [2.24, 2.45) is 18.7 Å². The van der Waals surface area contributed by atoms with Gasteiger partial charge in [0.2, 0.25) is 0 Å². The van der Waals surface area contributed by atoms with E-state index in [1.165, 1.54) is 18.4 Å². The molecule has 2 heterocycles. The second-order valence-corrected chi connectivity index (χ2v) is 5.87. The highest BCUT2D eigenvalue weighted by Crippen LogP contribution is 2.25. The maximum absolute atomic E-state index is 6.36. The molecule has 1 fully saturated rings. The van der Waals surface area contributed by atoms with Crippen LogP contribution in [-0.2, 0) is 20.0 Å². The van der Waals surface area contributed by atoms with Gasteiger partial charge >= 0.3 is 0 Å². The molecule has 108 valence electrons. The van der Waals surface area contributed by atoms with E-state index in [1.54, 1.807) is 4.68 Å². The normalized spacial score (nSPS) is 20.9. The van der Waals surface area contributed by atoms with Gasteiger partial charge in [-0.05, 0) is 44.7 Å². The molecule has 0 bridgehead atoms. The number of aryl methyl sites for hydroxylation is 2. The van der Waals surface area contributed by atoms with E-state index in [-0.39, 0.29) is 0 Å². The highest BCUT2D eigenvalue weighted by molar-refractivity contribution is 6.30. The Morgan fingerprint density at radius 3 is 2.95 bits per heavy atom. The van der Waals surface area contributed by atoms with Crippen molar-refractivity contribution >= 4 is 11.6 Å². The third kappa shape index (κ3) is 3.50. The van der Waals surface area contributed by atoms with Crippen molar-refractivity contribution < 1.29 is 0 Å². The van der Waals surface area contributed by atoms with Crippen molar-refractivity contribution in [3.05, 3.63) is 16.4 Å². The Morgan fingerprint density at radius 1 is 1.47 bits per heavy atom. The van der Waals surface area contributed by atoms with Crippen LogP contribution in [0.5, 0.6) is 0 Å². The van der Waals surface area contributed by atoms with Gasteiger partial charge in [-0.25, -0.2) is 0 Å². The summed E-state index contributed by atoms with van der Waals surface area (Å²) in [5.74, 6) is 0.749. The molecule has 1 saturated heterocycles. The summed E-state index contributed by atoms with van der Waals surface area (Å²) >= 11 is 6.36. The number of nitrogens with zero attached hydrogens (tertiary/aromatic N) is 3. The quantitative estimate of drug-likeness (QED) is 0.902. The molecule has 0 radical (unpaired) electrons. The zero-order chi connectivity index (χ0) is 13.8. The number of piperidine rings is 1. The number of hydrogen-bond acceptors (Lipinski definition) is 3. The molecule has 1 aliphatic heterocycles. The van der Waals surface area contributed by atoms with Crippen LogP contribution in [0, 0.1) is 5.92 Å².